The summed E-state index contributed by atoms with van der Waals surface area (Å²) in [5.41, 5.74) is 0.123. The molecule has 6 nitrogen and oxygen atoms in total. The molecule has 0 radical (unpaired) electrons. The summed E-state index contributed by atoms with van der Waals surface area (Å²) in [7, 11) is 1.51. The van der Waals surface area contributed by atoms with Crippen LogP contribution < -0.4 is 11.2 Å². The second kappa shape index (κ2) is 7.31. The maximum absolute atomic E-state index is 12.6. The summed E-state index contributed by atoms with van der Waals surface area (Å²) in [6.07, 6.45) is 3.08. The number of aryl methyl sites for hydroxylation is 2. The molecule has 25 heavy (non-hydrogen) atoms. The van der Waals surface area contributed by atoms with E-state index in [0.717, 1.165) is 12.8 Å². The lowest BCUT2D eigenvalue weighted by molar-refractivity contribution is 0.0724. The van der Waals surface area contributed by atoms with Gasteiger partial charge in [-0.15, -0.1) is 11.8 Å². The summed E-state index contributed by atoms with van der Waals surface area (Å²) >= 11 is 1.84. The molecule has 1 aromatic carbocycles. The SMILES string of the molecule is Cc1ccc(SC2CCN(C(=O)c3cn(C)c(=O)[nH]c3=O)CC2)cc1. The van der Waals surface area contributed by atoms with Crippen LogP contribution in [0.1, 0.15) is 28.8 Å². The van der Waals surface area contributed by atoms with Crippen molar-refractivity contribution in [3.63, 3.8) is 0 Å². The van der Waals surface area contributed by atoms with Gasteiger partial charge in [0.25, 0.3) is 11.5 Å². The van der Waals surface area contributed by atoms with Crippen molar-refractivity contribution in [2.45, 2.75) is 29.9 Å². The Kier molecular flexibility index (Phi) is 5.13. The first-order valence-corrected chi connectivity index (χ1v) is 9.14. The Balaban J connectivity index is 1.63. The first-order chi connectivity index (χ1) is 11.9. The van der Waals surface area contributed by atoms with E-state index in [9.17, 15) is 14.4 Å². The van der Waals surface area contributed by atoms with Crippen molar-refractivity contribution >= 4 is 17.7 Å². The number of nitrogens with zero attached hydrogens (tertiary/aromatic N) is 2. The molecule has 1 aliphatic heterocycles. The average Bonchev–Trinajstić information content (AvgIpc) is 2.60. The number of carbonyl (C=O) groups excluding carboxylic acids is 1. The summed E-state index contributed by atoms with van der Waals surface area (Å²) in [4.78, 5) is 41.0. The van der Waals surface area contributed by atoms with Crippen LogP contribution in [0, 0.1) is 6.92 Å². The second-order valence-electron chi connectivity index (χ2n) is 6.34. The summed E-state index contributed by atoms with van der Waals surface area (Å²) in [5.74, 6) is -0.310. The Morgan fingerprint density at radius 3 is 2.44 bits per heavy atom. The molecule has 2 heterocycles. The Morgan fingerprint density at radius 2 is 1.80 bits per heavy atom. The fourth-order valence-corrected chi connectivity index (χ4v) is 4.00. The van der Waals surface area contributed by atoms with E-state index in [1.165, 1.54) is 28.3 Å². The number of aromatic amines is 1. The molecule has 0 aliphatic carbocycles. The lowest BCUT2D eigenvalue weighted by Crippen LogP contribution is -2.43. The van der Waals surface area contributed by atoms with Crippen molar-refractivity contribution in [3.8, 4) is 0 Å². The monoisotopic (exact) mass is 359 g/mol. The van der Waals surface area contributed by atoms with E-state index in [1.54, 1.807) is 4.90 Å². The van der Waals surface area contributed by atoms with Gasteiger partial charge in [-0.2, -0.15) is 0 Å². The van der Waals surface area contributed by atoms with E-state index < -0.39 is 11.2 Å². The normalized spacial score (nSPS) is 15.4. The number of aromatic nitrogens is 2. The van der Waals surface area contributed by atoms with E-state index in [-0.39, 0.29) is 11.5 Å². The van der Waals surface area contributed by atoms with Crippen LogP contribution in [0.25, 0.3) is 0 Å². The third-order valence-corrected chi connectivity index (χ3v) is 5.74. The van der Waals surface area contributed by atoms with Gasteiger partial charge in [-0.3, -0.25) is 14.6 Å². The van der Waals surface area contributed by atoms with Gasteiger partial charge in [0, 0.05) is 36.5 Å². The molecule has 2 aromatic rings. The van der Waals surface area contributed by atoms with Crippen LogP contribution in [0.4, 0.5) is 0 Å². The first-order valence-electron chi connectivity index (χ1n) is 8.26. The minimum atomic E-state index is -0.621. The molecule has 0 atom stereocenters. The van der Waals surface area contributed by atoms with Gasteiger partial charge in [0.2, 0.25) is 0 Å². The summed E-state index contributed by atoms with van der Waals surface area (Å²) in [6.45, 7) is 3.30. The van der Waals surface area contributed by atoms with E-state index in [4.69, 9.17) is 0 Å². The Labute approximate surface area is 149 Å². The van der Waals surface area contributed by atoms with E-state index in [1.807, 2.05) is 11.8 Å². The predicted octanol–water partition coefficient (Wildman–Crippen LogP) is 1.78. The highest BCUT2D eigenvalue weighted by Gasteiger charge is 2.26. The molecular formula is C18H21N3O3S. The maximum Gasteiger partial charge on any atom is 0.328 e. The van der Waals surface area contributed by atoms with Crippen LogP contribution in [0.15, 0.2) is 44.9 Å². The zero-order valence-corrected chi connectivity index (χ0v) is 15.1. The number of rotatable bonds is 3. The molecular weight excluding hydrogens is 338 g/mol. The molecule has 3 rings (SSSR count). The van der Waals surface area contributed by atoms with Gasteiger partial charge in [0.1, 0.15) is 5.56 Å². The molecule has 1 fully saturated rings. The van der Waals surface area contributed by atoms with Crippen molar-refractivity contribution in [1.29, 1.82) is 0 Å². The minimum absolute atomic E-state index is 0.0201. The molecule has 0 saturated carbocycles. The quantitative estimate of drug-likeness (QED) is 0.906. The van der Waals surface area contributed by atoms with Crippen molar-refractivity contribution < 1.29 is 4.79 Å². The standard InChI is InChI=1S/C18H21N3O3S/c1-12-3-5-13(6-4-12)25-14-7-9-21(10-8-14)17(23)15-11-20(2)18(24)19-16(15)22/h3-6,11,14H,7-10H2,1-2H3,(H,19,22,24). The Morgan fingerprint density at radius 1 is 1.16 bits per heavy atom. The fourth-order valence-electron chi connectivity index (χ4n) is 2.87. The highest BCUT2D eigenvalue weighted by molar-refractivity contribution is 8.00. The summed E-state index contributed by atoms with van der Waals surface area (Å²) < 4.78 is 1.22. The zero-order chi connectivity index (χ0) is 18.0. The smallest absolute Gasteiger partial charge is 0.328 e. The zero-order valence-electron chi connectivity index (χ0n) is 14.3. The molecule has 1 aliphatic rings. The first kappa shape index (κ1) is 17.5. The van der Waals surface area contributed by atoms with Gasteiger partial charge < -0.3 is 9.47 Å². The molecule has 132 valence electrons. The van der Waals surface area contributed by atoms with Gasteiger partial charge in [-0.1, -0.05) is 17.7 Å². The maximum atomic E-state index is 12.6. The number of piperidine rings is 1. The lowest BCUT2D eigenvalue weighted by Gasteiger charge is -2.31. The highest BCUT2D eigenvalue weighted by atomic mass is 32.2. The van der Waals surface area contributed by atoms with Crippen molar-refractivity contribution in [3.05, 3.63) is 62.4 Å². The van der Waals surface area contributed by atoms with Gasteiger partial charge in [-0.25, -0.2) is 4.79 Å². The Bertz CT molecular complexity index is 878. The highest BCUT2D eigenvalue weighted by Crippen LogP contribution is 2.30. The molecule has 0 bridgehead atoms. The number of hydrogen-bond donors (Lipinski definition) is 1. The van der Waals surface area contributed by atoms with Crippen molar-refractivity contribution in [2.24, 2.45) is 7.05 Å². The van der Waals surface area contributed by atoms with E-state index >= 15 is 0 Å². The third-order valence-electron chi connectivity index (χ3n) is 4.39. The van der Waals surface area contributed by atoms with Crippen LogP contribution >= 0.6 is 11.8 Å². The van der Waals surface area contributed by atoms with Crippen molar-refractivity contribution in [1.82, 2.24) is 14.5 Å². The topological polar surface area (TPSA) is 75.2 Å². The minimum Gasteiger partial charge on any atom is -0.338 e. The van der Waals surface area contributed by atoms with Gasteiger partial charge in [0.15, 0.2) is 0 Å². The van der Waals surface area contributed by atoms with Crippen LogP contribution in [0.5, 0.6) is 0 Å². The Hall–Kier alpha value is -2.28. The second-order valence-corrected chi connectivity index (χ2v) is 7.71. The molecule has 1 N–H and O–H groups in total. The number of carbonyl (C=O) groups is 1. The number of H-pyrrole nitrogens is 1. The third kappa shape index (κ3) is 4.04. The van der Waals surface area contributed by atoms with Gasteiger partial charge in [0.05, 0.1) is 0 Å². The van der Waals surface area contributed by atoms with E-state index in [2.05, 4.69) is 36.2 Å². The van der Waals surface area contributed by atoms with Crippen molar-refractivity contribution in [2.75, 3.05) is 13.1 Å². The molecule has 1 amide bonds. The number of nitrogens with one attached hydrogen (secondary N) is 1. The summed E-state index contributed by atoms with van der Waals surface area (Å²) in [5, 5.41) is 0.463. The average molecular weight is 359 g/mol. The largest absolute Gasteiger partial charge is 0.338 e. The number of hydrogen-bond acceptors (Lipinski definition) is 4. The number of thioether (sulfide) groups is 1. The summed E-state index contributed by atoms with van der Waals surface area (Å²) in [6, 6.07) is 8.46. The van der Waals surface area contributed by atoms with Gasteiger partial charge in [-0.05, 0) is 31.9 Å². The van der Waals surface area contributed by atoms with Crippen LogP contribution in [0.2, 0.25) is 0 Å². The molecule has 1 aromatic heterocycles. The molecule has 1 saturated heterocycles. The predicted molar refractivity (Wildman–Crippen MR) is 98.3 cm³/mol. The number of amides is 1. The van der Waals surface area contributed by atoms with Gasteiger partial charge >= 0.3 is 5.69 Å². The lowest BCUT2D eigenvalue weighted by atomic mass is 10.1. The van der Waals surface area contributed by atoms with Crippen LogP contribution in [-0.4, -0.2) is 38.7 Å². The fraction of sp³-hybridized carbons (Fsp3) is 0.389. The molecule has 0 unspecified atom stereocenters. The van der Waals surface area contributed by atoms with Crippen LogP contribution in [0.3, 0.4) is 0 Å². The number of likely N-dealkylation sites (tertiary alicyclic amines) is 1. The molecule has 0 spiro atoms. The van der Waals surface area contributed by atoms with Crippen LogP contribution in [-0.2, 0) is 7.05 Å². The number of benzene rings is 1. The molecule has 7 heteroatoms. The van der Waals surface area contributed by atoms with E-state index in [0.29, 0.717) is 18.3 Å².